The highest BCUT2D eigenvalue weighted by Crippen LogP contribution is 2.35. The second-order valence-electron chi connectivity index (χ2n) is 6.22. The van der Waals surface area contributed by atoms with Crippen molar-refractivity contribution in [3.63, 3.8) is 0 Å². The summed E-state index contributed by atoms with van der Waals surface area (Å²) in [4.78, 5) is 16.5. The second kappa shape index (κ2) is 8.92. The Bertz CT molecular complexity index is 1150. The van der Waals surface area contributed by atoms with Gasteiger partial charge in [-0.25, -0.2) is 4.98 Å². The number of nitriles is 2. The molecule has 0 spiro atoms. The summed E-state index contributed by atoms with van der Waals surface area (Å²) in [5.41, 5.74) is 9.24. The number of rotatable bonds is 5. The van der Waals surface area contributed by atoms with Crippen LogP contribution in [0.3, 0.4) is 0 Å². The molecular weight excluding hydrogens is 382 g/mol. The number of hydrogen-bond donors (Lipinski definition) is 2. The van der Waals surface area contributed by atoms with Gasteiger partial charge in [-0.15, -0.1) is 0 Å². The molecule has 0 radical (unpaired) electrons. The van der Waals surface area contributed by atoms with Crippen molar-refractivity contribution >= 4 is 29.2 Å². The van der Waals surface area contributed by atoms with Crippen LogP contribution in [0.25, 0.3) is 11.1 Å². The molecule has 3 N–H and O–H groups in total. The number of nitrogens with two attached hydrogens (primary N) is 1. The van der Waals surface area contributed by atoms with Gasteiger partial charge in [-0.1, -0.05) is 54.2 Å². The van der Waals surface area contributed by atoms with Crippen LogP contribution in [0.4, 0.5) is 11.5 Å². The number of aryl methyl sites for hydroxylation is 1. The summed E-state index contributed by atoms with van der Waals surface area (Å²) >= 11 is 1.11. The van der Waals surface area contributed by atoms with E-state index >= 15 is 0 Å². The van der Waals surface area contributed by atoms with Gasteiger partial charge in [0.1, 0.15) is 28.5 Å². The van der Waals surface area contributed by atoms with Crippen LogP contribution >= 0.6 is 11.8 Å². The smallest absolute Gasteiger partial charge is 0.234 e. The molecule has 3 aromatic rings. The number of amides is 1. The number of carbonyl (C=O) groups excluding carboxylic acids is 1. The summed E-state index contributed by atoms with van der Waals surface area (Å²) in [6.45, 7) is 1.94. The van der Waals surface area contributed by atoms with Gasteiger partial charge in [0.05, 0.1) is 11.3 Å². The summed E-state index contributed by atoms with van der Waals surface area (Å²) in [6, 6.07) is 20.7. The summed E-state index contributed by atoms with van der Waals surface area (Å²) in [5, 5.41) is 22.4. The highest BCUT2D eigenvalue weighted by Gasteiger charge is 2.21. The van der Waals surface area contributed by atoms with Gasteiger partial charge >= 0.3 is 0 Å². The molecule has 0 saturated heterocycles. The average molecular weight is 399 g/mol. The first kappa shape index (κ1) is 19.9. The number of nitrogens with zero attached hydrogens (tertiary/aromatic N) is 3. The first-order valence-electron chi connectivity index (χ1n) is 8.72. The largest absolute Gasteiger partial charge is 0.383 e. The fourth-order valence-electron chi connectivity index (χ4n) is 2.85. The maximum atomic E-state index is 12.3. The van der Waals surface area contributed by atoms with E-state index in [1.807, 2.05) is 55.5 Å². The molecule has 1 amide bonds. The Morgan fingerprint density at radius 3 is 2.48 bits per heavy atom. The second-order valence-corrected chi connectivity index (χ2v) is 7.19. The topological polar surface area (TPSA) is 116 Å². The number of pyridine rings is 1. The lowest BCUT2D eigenvalue weighted by Crippen LogP contribution is -2.14. The third-order valence-corrected chi connectivity index (χ3v) is 5.10. The van der Waals surface area contributed by atoms with Gasteiger partial charge in [0.25, 0.3) is 0 Å². The molecule has 0 aliphatic rings. The standard InChI is InChI=1S/C22H17N5OS/c1-14-6-5-9-16(10-14)26-19(28)13-29-22-18(12-24)20(15-7-3-2-4-8-15)17(11-23)21(25)27-22/h2-10H,13H2,1H3,(H2,25,27)(H,26,28). The Morgan fingerprint density at radius 1 is 1.10 bits per heavy atom. The monoisotopic (exact) mass is 399 g/mol. The summed E-state index contributed by atoms with van der Waals surface area (Å²) in [7, 11) is 0. The van der Waals surface area contributed by atoms with Crippen LogP contribution in [0.15, 0.2) is 59.6 Å². The van der Waals surface area contributed by atoms with Gasteiger partial charge in [-0.2, -0.15) is 10.5 Å². The molecule has 29 heavy (non-hydrogen) atoms. The first-order chi connectivity index (χ1) is 14.0. The molecule has 1 aromatic heterocycles. The van der Waals surface area contributed by atoms with E-state index in [1.165, 1.54) is 0 Å². The Hall–Kier alpha value is -3.81. The highest BCUT2D eigenvalue weighted by atomic mass is 32.2. The van der Waals surface area contributed by atoms with E-state index in [2.05, 4.69) is 16.4 Å². The van der Waals surface area contributed by atoms with E-state index in [0.29, 0.717) is 21.8 Å². The molecule has 0 unspecified atom stereocenters. The number of anilines is 2. The zero-order chi connectivity index (χ0) is 20.8. The van der Waals surface area contributed by atoms with Gasteiger partial charge in [0.15, 0.2) is 0 Å². The van der Waals surface area contributed by atoms with Gasteiger partial charge in [-0.3, -0.25) is 4.79 Å². The summed E-state index contributed by atoms with van der Waals surface area (Å²) < 4.78 is 0. The fourth-order valence-corrected chi connectivity index (χ4v) is 3.64. The molecule has 3 rings (SSSR count). The van der Waals surface area contributed by atoms with Crippen LogP contribution < -0.4 is 11.1 Å². The Kier molecular flexibility index (Phi) is 6.13. The van der Waals surface area contributed by atoms with Gasteiger partial charge in [0.2, 0.25) is 5.91 Å². The minimum Gasteiger partial charge on any atom is -0.383 e. The first-order valence-corrected chi connectivity index (χ1v) is 9.70. The summed E-state index contributed by atoms with van der Waals surface area (Å²) in [6.07, 6.45) is 0. The van der Waals surface area contributed by atoms with Crippen LogP contribution in [-0.4, -0.2) is 16.6 Å². The zero-order valence-corrected chi connectivity index (χ0v) is 16.5. The quantitative estimate of drug-likeness (QED) is 0.624. The van der Waals surface area contributed by atoms with Crippen molar-refractivity contribution in [2.75, 3.05) is 16.8 Å². The van der Waals surface area contributed by atoms with Crippen molar-refractivity contribution in [1.82, 2.24) is 4.98 Å². The van der Waals surface area contributed by atoms with Gasteiger partial charge < -0.3 is 11.1 Å². The van der Waals surface area contributed by atoms with Crippen molar-refractivity contribution in [1.29, 1.82) is 10.5 Å². The van der Waals surface area contributed by atoms with Crippen LogP contribution in [0.1, 0.15) is 16.7 Å². The molecule has 0 atom stereocenters. The average Bonchev–Trinajstić information content (AvgIpc) is 2.72. The Labute approximate surface area is 173 Å². The minimum absolute atomic E-state index is 0.0342. The molecule has 1 heterocycles. The highest BCUT2D eigenvalue weighted by molar-refractivity contribution is 8.00. The van der Waals surface area contributed by atoms with Crippen LogP contribution in [0.5, 0.6) is 0 Å². The molecule has 0 fully saturated rings. The maximum Gasteiger partial charge on any atom is 0.234 e. The molecular formula is C22H17N5OS. The Balaban J connectivity index is 1.90. The van der Waals surface area contributed by atoms with Crippen molar-refractivity contribution in [3.8, 4) is 23.3 Å². The van der Waals surface area contributed by atoms with Gasteiger partial charge in [0, 0.05) is 11.3 Å². The van der Waals surface area contributed by atoms with Crippen molar-refractivity contribution in [2.24, 2.45) is 0 Å². The summed E-state index contributed by atoms with van der Waals surface area (Å²) in [5.74, 6) is -0.141. The molecule has 2 aromatic carbocycles. The normalized spacial score (nSPS) is 10.0. The van der Waals surface area contributed by atoms with E-state index in [-0.39, 0.29) is 28.6 Å². The predicted molar refractivity (Wildman–Crippen MR) is 114 cm³/mol. The van der Waals surface area contributed by atoms with E-state index in [9.17, 15) is 15.3 Å². The van der Waals surface area contributed by atoms with Gasteiger partial charge in [-0.05, 0) is 30.2 Å². The molecule has 0 aliphatic carbocycles. The van der Waals surface area contributed by atoms with Crippen LogP contribution in [-0.2, 0) is 4.79 Å². The lowest BCUT2D eigenvalue weighted by molar-refractivity contribution is -0.113. The SMILES string of the molecule is Cc1cccc(NC(=O)CSc2nc(N)c(C#N)c(-c3ccccc3)c2C#N)c1. The number of hydrogen-bond acceptors (Lipinski definition) is 6. The molecule has 0 saturated carbocycles. The van der Waals surface area contributed by atoms with E-state index < -0.39 is 0 Å². The van der Waals surface area contributed by atoms with E-state index in [4.69, 9.17) is 5.73 Å². The number of nitrogen functional groups attached to an aromatic ring is 1. The molecule has 7 heteroatoms. The number of thioether (sulfide) groups is 1. The van der Waals surface area contributed by atoms with Crippen LogP contribution in [0.2, 0.25) is 0 Å². The Morgan fingerprint density at radius 2 is 1.83 bits per heavy atom. The van der Waals surface area contributed by atoms with E-state index in [1.54, 1.807) is 12.1 Å². The lowest BCUT2D eigenvalue weighted by Gasteiger charge is -2.13. The molecule has 0 bridgehead atoms. The number of carbonyl (C=O) groups is 1. The molecule has 6 nitrogen and oxygen atoms in total. The molecule has 0 aliphatic heterocycles. The third-order valence-electron chi connectivity index (χ3n) is 4.12. The lowest BCUT2D eigenvalue weighted by atomic mass is 9.97. The number of aromatic nitrogens is 1. The van der Waals surface area contributed by atoms with Crippen molar-refractivity contribution < 1.29 is 4.79 Å². The number of nitrogens with one attached hydrogen (secondary N) is 1. The molecule has 142 valence electrons. The maximum absolute atomic E-state index is 12.3. The fraction of sp³-hybridized carbons (Fsp3) is 0.0909. The van der Waals surface area contributed by atoms with E-state index in [0.717, 1.165) is 17.3 Å². The minimum atomic E-state index is -0.226. The third kappa shape index (κ3) is 4.55. The zero-order valence-electron chi connectivity index (χ0n) is 15.6. The van der Waals surface area contributed by atoms with Crippen LogP contribution in [0, 0.1) is 29.6 Å². The number of benzene rings is 2. The predicted octanol–water partition coefficient (Wildman–Crippen LogP) is 4.11. The van der Waals surface area contributed by atoms with Crippen molar-refractivity contribution in [2.45, 2.75) is 11.9 Å². The van der Waals surface area contributed by atoms with Crippen molar-refractivity contribution in [3.05, 3.63) is 71.3 Å².